The molecule has 31 heavy (non-hydrogen) atoms. The van der Waals surface area contributed by atoms with Crippen LogP contribution in [0.15, 0.2) is 34.0 Å². The highest BCUT2D eigenvalue weighted by atomic mass is 16.6. The van der Waals surface area contributed by atoms with Crippen LogP contribution in [0, 0.1) is 18.3 Å². The highest BCUT2D eigenvalue weighted by Crippen LogP contribution is 2.70. The molecule has 0 radical (unpaired) electrons. The van der Waals surface area contributed by atoms with Crippen LogP contribution in [0.4, 0.5) is 0 Å². The van der Waals surface area contributed by atoms with Crippen molar-refractivity contribution >= 4 is 11.9 Å². The number of allylic oxidation sites excluding steroid dienone is 2. The van der Waals surface area contributed by atoms with E-state index in [2.05, 4.69) is 13.8 Å². The monoisotopic (exact) mass is 428 g/mol. The summed E-state index contributed by atoms with van der Waals surface area (Å²) in [4.78, 5) is 25.4. The second-order valence-corrected chi connectivity index (χ2v) is 9.41. The number of hydrogen-bond donors (Lipinski definition) is 0. The topological polar surface area (TPSA) is 78.3 Å². The van der Waals surface area contributed by atoms with Crippen molar-refractivity contribution in [1.82, 2.24) is 0 Å². The van der Waals surface area contributed by atoms with Crippen molar-refractivity contribution in [2.24, 2.45) is 11.3 Å². The summed E-state index contributed by atoms with van der Waals surface area (Å²) >= 11 is 0. The first-order chi connectivity index (χ1) is 14.6. The van der Waals surface area contributed by atoms with Gasteiger partial charge in [-0.15, -0.1) is 0 Å². The molecule has 6 atom stereocenters. The maximum absolute atomic E-state index is 12.9. The lowest BCUT2D eigenvalue weighted by atomic mass is 9.53. The number of ether oxygens (including phenoxy) is 3. The summed E-state index contributed by atoms with van der Waals surface area (Å²) in [6.45, 7) is 13.3. The average Bonchev–Trinajstić information content (AvgIpc) is 3.34. The summed E-state index contributed by atoms with van der Waals surface area (Å²) in [6.07, 6.45) is 5.53. The third kappa shape index (κ3) is 3.02. The number of carbonyl (C=O) groups excluding carboxylic acids is 2. The summed E-state index contributed by atoms with van der Waals surface area (Å²) in [5, 5.41) is 0. The van der Waals surface area contributed by atoms with Gasteiger partial charge in [0.25, 0.3) is 0 Å². The zero-order valence-corrected chi connectivity index (χ0v) is 19.4. The molecule has 1 saturated carbocycles. The smallest absolute Gasteiger partial charge is 0.334 e. The molecule has 2 aliphatic carbocycles. The van der Waals surface area contributed by atoms with Crippen molar-refractivity contribution in [3.63, 3.8) is 0 Å². The molecule has 1 saturated heterocycles. The molecule has 168 valence electrons. The fourth-order valence-electron chi connectivity index (χ4n) is 5.46. The van der Waals surface area contributed by atoms with Gasteiger partial charge in [0.05, 0.1) is 12.4 Å². The molecule has 1 aromatic rings. The molecule has 1 spiro atoms. The van der Waals surface area contributed by atoms with Gasteiger partial charge in [0.1, 0.15) is 23.6 Å². The third-order valence-electron chi connectivity index (χ3n) is 8.00. The van der Waals surface area contributed by atoms with Crippen molar-refractivity contribution in [3.8, 4) is 0 Å². The minimum absolute atomic E-state index is 0.0695. The molecule has 1 aliphatic heterocycles. The summed E-state index contributed by atoms with van der Waals surface area (Å²) in [5.74, 6) is 0.0582. The summed E-state index contributed by atoms with van der Waals surface area (Å²) in [7, 11) is 0. The molecule has 2 fully saturated rings. The Morgan fingerprint density at radius 3 is 2.35 bits per heavy atom. The van der Waals surface area contributed by atoms with Crippen molar-refractivity contribution in [1.29, 1.82) is 0 Å². The van der Waals surface area contributed by atoms with Gasteiger partial charge in [0, 0.05) is 40.9 Å². The van der Waals surface area contributed by atoms with Crippen molar-refractivity contribution in [2.75, 3.05) is 0 Å². The first kappa shape index (κ1) is 21.9. The number of esters is 2. The van der Waals surface area contributed by atoms with Crippen LogP contribution in [0.25, 0.3) is 0 Å². The Kier molecular flexibility index (Phi) is 5.20. The number of hydrogen-bond acceptors (Lipinski definition) is 6. The van der Waals surface area contributed by atoms with E-state index < -0.39 is 17.1 Å². The molecular weight excluding hydrogens is 396 g/mol. The van der Waals surface area contributed by atoms with Crippen LogP contribution in [0.3, 0.4) is 0 Å². The predicted molar refractivity (Wildman–Crippen MR) is 114 cm³/mol. The van der Waals surface area contributed by atoms with Crippen molar-refractivity contribution < 1.29 is 28.2 Å². The van der Waals surface area contributed by atoms with Gasteiger partial charge >= 0.3 is 11.9 Å². The quantitative estimate of drug-likeness (QED) is 0.391. The molecule has 3 aliphatic rings. The van der Waals surface area contributed by atoms with Gasteiger partial charge < -0.3 is 18.6 Å². The SMILES string of the molecule is CC=C(C)C(=O)OC1CC2OC23Cc2occ(C)c2C(OC(=O)C(C)=CC)C3(C)C1C. The largest absolute Gasteiger partial charge is 0.469 e. The Balaban J connectivity index is 1.76. The normalized spacial score (nSPS) is 36.7. The molecule has 0 N–H and O–H groups in total. The second-order valence-electron chi connectivity index (χ2n) is 9.41. The van der Waals surface area contributed by atoms with Crippen molar-refractivity contribution in [2.45, 2.75) is 85.2 Å². The van der Waals surface area contributed by atoms with E-state index >= 15 is 0 Å². The number of aryl methyl sites for hydroxylation is 1. The van der Waals surface area contributed by atoms with Crippen molar-refractivity contribution in [3.05, 3.63) is 46.4 Å². The number of fused-ring (bicyclic) bond motifs is 1. The van der Waals surface area contributed by atoms with Crippen LogP contribution < -0.4 is 0 Å². The zero-order valence-electron chi connectivity index (χ0n) is 19.4. The van der Waals surface area contributed by atoms with Gasteiger partial charge in [0.2, 0.25) is 0 Å². The highest BCUT2D eigenvalue weighted by molar-refractivity contribution is 5.88. The Bertz CT molecular complexity index is 984. The molecule has 4 rings (SSSR count). The maximum Gasteiger partial charge on any atom is 0.334 e. The average molecular weight is 429 g/mol. The van der Waals surface area contributed by atoms with E-state index in [1.54, 1.807) is 32.3 Å². The van der Waals surface area contributed by atoms with Gasteiger partial charge in [-0.3, -0.25) is 0 Å². The summed E-state index contributed by atoms with van der Waals surface area (Å²) < 4.78 is 24.3. The van der Waals surface area contributed by atoms with E-state index in [1.807, 2.05) is 20.8 Å². The zero-order chi connectivity index (χ0) is 22.7. The second kappa shape index (κ2) is 7.37. The van der Waals surface area contributed by atoms with Crippen LogP contribution in [0.2, 0.25) is 0 Å². The van der Waals surface area contributed by atoms with Crippen LogP contribution in [-0.2, 0) is 30.2 Å². The highest BCUT2D eigenvalue weighted by Gasteiger charge is 2.78. The van der Waals surface area contributed by atoms with E-state index in [4.69, 9.17) is 18.6 Å². The predicted octanol–water partition coefficient (Wildman–Crippen LogP) is 4.76. The molecule has 6 unspecified atom stereocenters. The Morgan fingerprint density at radius 1 is 1.13 bits per heavy atom. The van der Waals surface area contributed by atoms with Gasteiger partial charge in [-0.1, -0.05) is 26.0 Å². The fourth-order valence-corrected chi connectivity index (χ4v) is 5.46. The number of epoxide rings is 1. The molecule has 0 aromatic carbocycles. The minimum Gasteiger partial charge on any atom is -0.469 e. The first-order valence-electron chi connectivity index (χ1n) is 11.0. The molecular formula is C25H32O6. The molecule has 6 heteroatoms. The Labute approximate surface area is 183 Å². The molecule has 0 amide bonds. The number of rotatable bonds is 4. The van der Waals surface area contributed by atoms with E-state index in [1.165, 1.54) is 0 Å². The van der Waals surface area contributed by atoms with Crippen LogP contribution in [0.1, 0.15) is 71.0 Å². The van der Waals surface area contributed by atoms with Crippen LogP contribution in [0.5, 0.6) is 0 Å². The Hall–Kier alpha value is -2.34. The molecule has 1 aromatic heterocycles. The summed E-state index contributed by atoms with van der Waals surface area (Å²) in [5.41, 5.74) is 1.94. The van der Waals surface area contributed by atoms with Gasteiger partial charge in [-0.2, -0.15) is 0 Å². The van der Waals surface area contributed by atoms with Gasteiger partial charge in [-0.25, -0.2) is 9.59 Å². The maximum atomic E-state index is 12.9. The third-order valence-corrected chi connectivity index (χ3v) is 8.00. The lowest BCUT2D eigenvalue weighted by Crippen LogP contribution is -2.59. The first-order valence-corrected chi connectivity index (χ1v) is 11.0. The van der Waals surface area contributed by atoms with E-state index in [-0.39, 0.29) is 30.1 Å². The molecule has 6 nitrogen and oxygen atoms in total. The van der Waals surface area contributed by atoms with Crippen LogP contribution >= 0.6 is 0 Å². The lowest BCUT2D eigenvalue weighted by Gasteiger charge is -2.52. The lowest BCUT2D eigenvalue weighted by molar-refractivity contribution is -0.179. The fraction of sp³-hybridized carbons (Fsp3) is 0.600. The van der Waals surface area contributed by atoms with E-state index in [0.29, 0.717) is 24.0 Å². The Morgan fingerprint density at radius 2 is 1.74 bits per heavy atom. The number of carbonyl (C=O) groups is 2. The van der Waals surface area contributed by atoms with E-state index in [0.717, 1.165) is 16.9 Å². The number of furan rings is 1. The summed E-state index contributed by atoms with van der Waals surface area (Å²) in [6, 6.07) is 0. The standard InChI is InChI=1S/C25H32O6/c1-8-13(3)22(26)29-17-10-19-25(31-19)11-18-20(15(5)12-28-18)21(24(25,7)16(17)6)30-23(27)14(4)9-2/h8-9,12,16-17,19,21H,10-11H2,1-7H3. The van der Waals surface area contributed by atoms with Gasteiger partial charge in [-0.05, 0) is 40.2 Å². The minimum atomic E-state index is -0.573. The van der Waals surface area contributed by atoms with Crippen LogP contribution in [-0.4, -0.2) is 29.7 Å². The molecule has 0 bridgehead atoms. The molecule has 2 heterocycles. The van der Waals surface area contributed by atoms with Gasteiger partial charge in [0.15, 0.2) is 0 Å². The van der Waals surface area contributed by atoms with E-state index in [9.17, 15) is 9.59 Å².